The van der Waals surface area contributed by atoms with Crippen LogP contribution in [0.4, 0.5) is 15.8 Å². The molecule has 0 bridgehead atoms. The molecule has 4 heterocycles. The van der Waals surface area contributed by atoms with Crippen LogP contribution in [-0.4, -0.2) is 61.0 Å². The molecule has 12 heteroatoms. The number of pyridine rings is 1. The average molecular weight is 704 g/mol. The van der Waals surface area contributed by atoms with Crippen LogP contribution in [0.3, 0.4) is 0 Å². The van der Waals surface area contributed by atoms with Gasteiger partial charge in [0.05, 0.1) is 34.2 Å². The maximum Gasteiger partial charge on any atom is 0.220 e. The number of aromatic nitrogens is 1. The van der Waals surface area contributed by atoms with Crippen molar-refractivity contribution >= 4 is 46.4 Å². The molecule has 49 heavy (non-hydrogen) atoms. The Morgan fingerprint density at radius 3 is 2.55 bits per heavy atom. The van der Waals surface area contributed by atoms with Crippen LogP contribution < -0.4 is 26.0 Å². The Bertz CT molecular complexity index is 1920. The first-order valence-electron chi connectivity index (χ1n) is 16.4. The first-order valence-corrected chi connectivity index (χ1v) is 17.1. The van der Waals surface area contributed by atoms with Gasteiger partial charge in [0.1, 0.15) is 5.75 Å². The molecule has 9 nitrogen and oxygen atoms in total. The number of anilines is 2. The van der Waals surface area contributed by atoms with E-state index < -0.39 is 0 Å². The summed E-state index contributed by atoms with van der Waals surface area (Å²) in [5.74, 6) is 0.537. The summed E-state index contributed by atoms with van der Waals surface area (Å²) in [6, 6.07) is 18.6. The zero-order valence-electron chi connectivity index (χ0n) is 27.0. The number of methoxy groups -OCH3 is 1. The Hall–Kier alpha value is -4.22. The number of halogens is 3. The Labute approximate surface area is 294 Å². The molecule has 3 fully saturated rings. The van der Waals surface area contributed by atoms with Crippen molar-refractivity contribution in [1.29, 1.82) is 0 Å². The largest absolute Gasteiger partial charge is 0.496 e. The molecule has 0 saturated carbocycles. The summed E-state index contributed by atoms with van der Waals surface area (Å²) in [6.45, 7) is 3.94. The van der Waals surface area contributed by atoms with Gasteiger partial charge in [-0.15, -0.1) is 0 Å². The minimum absolute atomic E-state index is 0.0186. The second-order valence-electron chi connectivity index (χ2n) is 13.2. The Balaban J connectivity index is 1.07. The quantitative estimate of drug-likeness (QED) is 0.145. The molecule has 1 aromatic heterocycles. The zero-order chi connectivity index (χ0) is 34.1. The molecule has 254 valence electrons. The molecule has 3 saturated heterocycles. The topological polar surface area (TPSA) is 108 Å². The predicted octanol–water partition coefficient (Wildman–Crippen LogP) is 6.30. The fourth-order valence-electron chi connectivity index (χ4n) is 7.11. The first kappa shape index (κ1) is 33.3. The van der Waals surface area contributed by atoms with Gasteiger partial charge in [0.2, 0.25) is 11.8 Å². The minimum atomic E-state index is -0.340. The van der Waals surface area contributed by atoms with E-state index in [1.165, 1.54) is 0 Å². The first-order chi connectivity index (χ1) is 23.7. The van der Waals surface area contributed by atoms with Crippen molar-refractivity contribution in [3.05, 3.63) is 93.8 Å². The molecule has 4 N–H and O–H groups in total. The van der Waals surface area contributed by atoms with Crippen LogP contribution in [0.1, 0.15) is 30.4 Å². The summed E-state index contributed by atoms with van der Waals surface area (Å²) < 4.78 is 21.5. The number of likely N-dealkylation sites (tertiary alicyclic amines) is 1. The highest BCUT2D eigenvalue weighted by molar-refractivity contribution is 6.39. The van der Waals surface area contributed by atoms with Crippen LogP contribution in [0.25, 0.3) is 22.4 Å². The monoisotopic (exact) mass is 702 g/mol. The van der Waals surface area contributed by atoms with E-state index in [1.807, 2.05) is 42.5 Å². The highest BCUT2D eigenvalue weighted by Gasteiger charge is 2.47. The summed E-state index contributed by atoms with van der Waals surface area (Å²) in [6.07, 6.45) is 3.62. The molecule has 3 aliphatic rings. The van der Waals surface area contributed by atoms with Crippen LogP contribution in [0.15, 0.2) is 66.9 Å². The van der Waals surface area contributed by atoms with Gasteiger partial charge in [-0.05, 0) is 30.7 Å². The third kappa shape index (κ3) is 6.96. The van der Waals surface area contributed by atoms with Crippen molar-refractivity contribution in [2.45, 2.75) is 38.4 Å². The number of nitrogens with zero attached hydrogens (tertiary/aromatic N) is 2. The van der Waals surface area contributed by atoms with Gasteiger partial charge in [-0.25, -0.2) is 4.39 Å². The van der Waals surface area contributed by atoms with Gasteiger partial charge in [0.15, 0.2) is 5.82 Å². The standard InChI is InChI=1S/C37H37Cl2FN6O3/c1-49-30-14-22(8-9-23(30)16-41-17-25-10-11-31(47)44-25)36-34(39)27(12-13-42-36)26-5-3-6-28(33(26)38)45-29-7-2-4-24(35(29)40)18-46-20-37(21-46)15-32(48)43-19-37/h2-9,12-14,25,41,45H,10-11,15-21H2,1H3,(H,43,48)(H,44,47)/t25-/m0/s1. The number of nitrogens with one attached hydrogen (secondary N) is 4. The molecule has 0 aliphatic carbocycles. The molecule has 2 amide bonds. The van der Waals surface area contributed by atoms with Crippen LogP contribution in [-0.2, 0) is 22.7 Å². The van der Waals surface area contributed by atoms with Crippen molar-refractivity contribution in [3.8, 4) is 28.1 Å². The lowest BCUT2D eigenvalue weighted by Crippen LogP contribution is -2.56. The van der Waals surface area contributed by atoms with Gasteiger partial charge >= 0.3 is 0 Å². The van der Waals surface area contributed by atoms with E-state index in [-0.39, 0.29) is 29.1 Å². The van der Waals surface area contributed by atoms with Gasteiger partial charge in [0.25, 0.3) is 0 Å². The number of hydrogen-bond donors (Lipinski definition) is 4. The van der Waals surface area contributed by atoms with E-state index in [4.69, 9.17) is 27.9 Å². The maximum atomic E-state index is 15.8. The Morgan fingerprint density at radius 2 is 1.80 bits per heavy atom. The lowest BCUT2D eigenvalue weighted by molar-refractivity contribution is -0.121. The molecular weight excluding hydrogens is 666 g/mol. The van der Waals surface area contributed by atoms with Crippen molar-refractivity contribution in [3.63, 3.8) is 0 Å². The number of rotatable bonds is 11. The fraction of sp³-hybridized carbons (Fsp3) is 0.324. The summed E-state index contributed by atoms with van der Waals surface area (Å²) in [5, 5.41) is 13.3. The lowest BCUT2D eigenvalue weighted by atomic mass is 9.79. The number of benzene rings is 3. The van der Waals surface area contributed by atoms with Crippen LogP contribution in [0.2, 0.25) is 10.0 Å². The number of ether oxygens (including phenoxy) is 1. The van der Waals surface area contributed by atoms with Gasteiger partial charge in [-0.3, -0.25) is 19.5 Å². The SMILES string of the molecule is COc1cc(-c2nccc(-c3cccc(Nc4cccc(CN5CC6(CNC(=O)C6)C5)c4F)c3Cl)c2Cl)ccc1CNC[C@@H]1CCC(=O)N1. The number of carbonyl (C=O) groups is 2. The van der Waals surface area contributed by atoms with Gasteiger partial charge in [-0.2, -0.15) is 0 Å². The summed E-state index contributed by atoms with van der Waals surface area (Å²) in [7, 11) is 1.62. The minimum Gasteiger partial charge on any atom is -0.496 e. The summed E-state index contributed by atoms with van der Waals surface area (Å²) >= 11 is 14.0. The van der Waals surface area contributed by atoms with Crippen LogP contribution in [0.5, 0.6) is 5.75 Å². The van der Waals surface area contributed by atoms with Crippen molar-refractivity contribution in [1.82, 2.24) is 25.8 Å². The molecule has 4 aromatic rings. The second-order valence-corrected chi connectivity index (χ2v) is 13.9. The van der Waals surface area contributed by atoms with E-state index in [2.05, 4.69) is 31.2 Å². The van der Waals surface area contributed by atoms with Crippen LogP contribution >= 0.6 is 23.2 Å². The number of carbonyl (C=O) groups excluding carboxylic acids is 2. The predicted molar refractivity (Wildman–Crippen MR) is 190 cm³/mol. The molecule has 0 radical (unpaired) electrons. The lowest BCUT2D eigenvalue weighted by Gasteiger charge is -2.47. The molecule has 3 aliphatic heterocycles. The van der Waals surface area contributed by atoms with Gasteiger partial charge in [0, 0.05) is 97.6 Å². The second kappa shape index (κ2) is 14.0. The summed E-state index contributed by atoms with van der Waals surface area (Å²) in [4.78, 5) is 30.0. The molecule has 3 aromatic carbocycles. The fourth-order valence-corrected chi connectivity index (χ4v) is 7.71. The normalized spacial score (nSPS) is 18.3. The van der Waals surface area contributed by atoms with E-state index in [0.29, 0.717) is 88.6 Å². The van der Waals surface area contributed by atoms with E-state index in [9.17, 15) is 9.59 Å². The zero-order valence-corrected chi connectivity index (χ0v) is 28.6. The Kier molecular flexibility index (Phi) is 9.48. The van der Waals surface area contributed by atoms with E-state index in [0.717, 1.165) is 30.6 Å². The van der Waals surface area contributed by atoms with Gasteiger partial charge in [-0.1, -0.05) is 59.6 Å². The molecule has 7 rings (SSSR count). The van der Waals surface area contributed by atoms with E-state index >= 15 is 4.39 Å². The average Bonchev–Trinajstić information content (AvgIpc) is 3.69. The Morgan fingerprint density at radius 1 is 1.00 bits per heavy atom. The van der Waals surface area contributed by atoms with E-state index in [1.54, 1.807) is 31.5 Å². The number of amides is 2. The molecular formula is C37H37Cl2FN6O3. The highest BCUT2D eigenvalue weighted by atomic mass is 35.5. The molecule has 1 atom stereocenters. The number of hydrogen-bond acceptors (Lipinski definition) is 7. The highest BCUT2D eigenvalue weighted by Crippen LogP contribution is 2.42. The smallest absolute Gasteiger partial charge is 0.220 e. The third-order valence-corrected chi connectivity index (χ3v) is 10.4. The van der Waals surface area contributed by atoms with Crippen molar-refractivity contribution < 1.29 is 18.7 Å². The summed E-state index contributed by atoms with van der Waals surface area (Å²) in [5.41, 5.74) is 5.10. The maximum absolute atomic E-state index is 15.8. The van der Waals surface area contributed by atoms with Gasteiger partial charge < -0.3 is 26.0 Å². The molecule has 0 unspecified atom stereocenters. The van der Waals surface area contributed by atoms with Crippen LogP contribution in [0, 0.1) is 11.2 Å². The third-order valence-electron chi connectivity index (χ3n) is 9.59. The molecule has 1 spiro atoms. The van der Waals surface area contributed by atoms with Crippen molar-refractivity contribution in [2.75, 3.05) is 38.6 Å². The van der Waals surface area contributed by atoms with Crippen molar-refractivity contribution in [2.24, 2.45) is 5.41 Å².